The van der Waals surface area contributed by atoms with Gasteiger partial charge in [0.2, 0.25) is 5.78 Å². The lowest BCUT2D eigenvalue weighted by Crippen LogP contribution is -2.22. The zero-order valence-corrected chi connectivity index (χ0v) is 19.0. The molecular formula is C25H16ClN3O4S. The third-order valence-electron chi connectivity index (χ3n) is 5.37. The van der Waals surface area contributed by atoms with E-state index in [1.54, 1.807) is 36.4 Å². The molecule has 5 rings (SSSR count). The molecule has 168 valence electrons. The summed E-state index contributed by atoms with van der Waals surface area (Å²) in [6.45, 7) is 0. The van der Waals surface area contributed by atoms with Crippen molar-refractivity contribution in [3.8, 4) is 0 Å². The molecule has 0 fully saturated rings. The first-order chi connectivity index (χ1) is 16.3. The van der Waals surface area contributed by atoms with Gasteiger partial charge < -0.3 is 0 Å². The first-order valence-electron chi connectivity index (χ1n) is 10.2. The predicted octanol–water partition coefficient (Wildman–Crippen LogP) is 4.62. The van der Waals surface area contributed by atoms with Crippen LogP contribution < -0.4 is 10.1 Å². The quantitative estimate of drug-likeness (QED) is 0.399. The van der Waals surface area contributed by atoms with E-state index in [9.17, 15) is 18.0 Å². The molecule has 4 aromatic carbocycles. The van der Waals surface area contributed by atoms with Crippen molar-refractivity contribution in [2.75, 3.05) is 4.72 Å². The van der Waals surface area contributed by atoms with Crippen molar-refractivity contribution in [3.63, 3.8) is 0 Å². The second-order valence-corrected chi connectivity index (χ2v) is 9.70. The van der Waals surface area contributed by atoms with E-state index in [2.05, 4.69) is 15.2 Å². The van der Waals surface area contributed by atoms with Crippen LogP contribution in [0.5, 0.6) is 0 Å². The molecule has 2 N–H and O–H groups in total. The molecule has 4 aromatic rings. The highest BCUT2D eigenvalue weighted by Crippen LogP contribution is 2.30. The fourth-order valence-corrected chi connectivity index (χ4v) is 5.12. The summed E-state index contributed by atoms with van der Waals surface area (Å²) in [7, 11) is -3.97. The van der Waals surface area contributed by atoms with Crippen LogP contribution in [0, 0.1) is 0 Å². The van der Waals surface area contributed by atoms with Gasteiger partial charge in [0.25, 0.3) is 15.9 Å². The van der Waals surface area contributed by atoms with Gasteiger partial charge in [-0.2, -0.15) is 5.10 Å². The molecular weight excluding hydrogens is 474 g/mol. The van der Waals surface area contributed by atoms with Gasteiger partial charge >= 0.3 is 0 Å². The Balaban J connectivity index is 1.40. The maximum atomic E-state index is 12.8. The van der Waals surface area contributed by atoms with Crippen LogP contribution in [0.15, 0.2) is 94.9 Å². The van der Waals surface area contributed by atoms with E-state index >= 15 is 0 Å². The minimum atomic E-state index is -3.97. The average Bonchev–Trinajstić information content (AvgIpc) is 3.10. The van der Waals surface area contributed by atoms with Crippen LogP contribution in [0.25, 0.3) is 10.8 Å². The van der Waals surface area contributed by atoms with Gasteiger partial charge in [0.05, 0.1) is 10.6 Å². The normalized spacial score (nSPS) is 13.9. The van der Waals surface area contributed by atoms with Crippen LogP contribution >= 0.6 is 11.6 Å². The van der Waals surface area contributed by atoms with E-state index in [1.807, 2.05) is 18.2 Å². The predicted molar refractivity (Wildman–Crippen MR) is 131 cm³/mol. The number of hydrogen-bond donors (Lipinski definition) is 2. The molecule has 1 aliphatic rings. The van der Waals surface area contributed by atoms with Gasteiger partial charge in [0.15, 0.2) is 0 Å². The summed E-state index contributed by atoms with van der Waals surface area (Å²) in [5.41, 5.74) is 4.04. The molecule has 0 saturated carbocycles. The summed E-state index contributed by atoms with van der Waals surface area (Å²) < 4.78 is 28.0. The summed E-state index contributed by atoms with van der Waals surface area (Å²) in [5, 5.41) is 6.16. The largest absolute Gasteiger partial charge is 0.287 e. The number of amides is 1. The number of carbonyl (C=O) groups is 2. The van der Waals surface area contributed by atoms with Crippen LogP contribution in [0.4, 0.5) is 5.69 Å². The SMILES string of the molecule is O=C(NN=C1C(=O)c2cccc3cccc1c23)c1cccc(S(=O)(=O)Nc2cccc(Cl)c2)c1. The number of carbonyl (C=O) groups excluding carboxylic acids is 2. The molecule has 0 atom stereocenters. The van der Waals surface area contributed by atoms with Crippen molar-refractivity contribution >= 4 is 55.5 Å². The number of benzene rings is 4. The molecule has 0 unspecified atom stereocenters. The zero-order chi connectivity index (χ0) is 23.9. The van der Waals surface area contributed by atoms with E-state index in [0.717, 1.165) is 10.8 Å². The molecule has 0 aromatic heterocycles. The molecule has 0 aliphatic heterocycles. The minimum absolute atomic E-state index is 0.0690. The first-order valence-corrected chi connectivity index (χ1v) is 12.0. The summed E-state index contributed by atoms with van der Waals surface area (Å²) >= 11 is 5.92. The van der Waals surface area contributed by atoms with E-state index < -0.39 is 15.9 Å². The maximum Gasteiger partial charge on any atom is 0.271 e. The maximum absolute atomic E-state index is 12.8. The number of nitrogens with one attached hydrogen (secondary N) is 2. The number of halogens is 1. The molecule has 1 aliphatic carbocycles. The Morgan fingerprint density at radius 3 is 2.32 bits per heavy atom. The van der Waals surface area contributed by atoms with Gasteiger partial charge in [-0.05, 0) is 41.8 Å². The molecule has 0 heterocycles. The number of sulfonamides is 1. The molecule has 0 bridgehead atoms. The second-order valence-electron chi connectivity index (χ2n) is 7.58. The Kier molecular flexibility index (Phi) is 5.39. The summed E-state index contributed by atoms with van der Waals surface area (Å²) in [5.74, 6) is -0.933. The molecule has 34 heavy (non-hydrogen) atoms. The lowest BCUT2D eigenvalue weighted by Gasteiger charge is -2.09. The number of rotatable bonds is 5. The van der Waals surface area contributed by atoms with Gasteiger partial charge in [-0.3, -0.25) is 14.3 Å². The van der Waals surface area contributed by atoms with E-state index in [0.29, 0.717) is 21.8 Å². The highest BCUT2D eigenvalue weighted by atomic mass is 35.5. The smallest absolute Gasteiger partial charge is 0.271 e. The molecule has 0 spiro atoms. The molecule has 9 heteroatoms. The monoisotopic (exact) mass is 489 g/mol. The molecule has 0 saturated heterocycles. The van der Waals surface area contributed by atoms with E-state index in [-0.39, 0.29) is 22.0 Å². The molecule has 1 amide bonds. The summed E-state index contributed by atoms with van der Waals surface area (Å²) in [6.07, 6.45) is 0. The topological polar surface area (TPSA) is 105 Å². The highest BCUT2D eigenvalue weighted by molar-refractivity contribution is 7.92. The average molecular weight is 490 g/mol. The molecule has 0 radical (unpaired) electrons. The number of hydrogen-bond acceptors (Lipinski definition) is 5. The van der Waals surface area contributed by atoms with Crippen LogP contribution in [0.2, 0.25) is 5.02 Å². The van der Waals surface area contributed by atoms with Gasteiger partial charge in [-0.15, -0.1) is 0 Å². The fourth-order valence-electron chi connectivity index (χ4n) is 3.83. The fraction of sp³-hybridized carbons (Fsp3) is 0. The van der Waals surface area contributed by atoms with Crippen molar-refractivity contribution in [3.05, 3.63) is 107 Å². The standard InChI is InChI=1S/C25H16ClN3O4S/c26-17-8-4-9-18(14-17)29-34(32,33)19-10-1-7-16(13-19)25(31)28-27-23-20-11-2-5-15-6-3-12-21(22(15)20)24(23)30/h1-14,29H,(H,28,31). The lowest BCUT2D eigenvalue weighted by atomic mass is 10.1. The number of hydrazone groups is 1. The van der Waals surface area contributed by atoms with E-state index in [1.165, 1.54) is 30.3 Å². The lowest BCUT2D eigenvalue weighted by molar-refractivity contribution is 0.0954. The summed E-state index contributed by atoms with van der Waals surface area (Å²) in [4.78, 5) is 25.5. The van der Waals surface area contributed by atoms with Crippen molar-refractivity contribution in [2.24, 2.45) is 5.10 Å². The number of Topliss-reactive ketones (excluding diaryl/α,β-unsaturated/α-hetero) is 1. The van der Waals surface area contributed by atoms with Crippen molar-refractivity contribution in [2.45, 2.75) is 4.90 Å². The van der Waals surface area contributed by atoms with Crippen molar-refractivity contribution in [1.29, 1.82) is 0 Å². The Labute approximate surface area is 200 Å². The van der Waals surface area contributed by atoms with Crippen LogP contribution in [0.3, 0.4) is 0 Å². The number of ketones is 1. The second kappa shape index (κ2) is 8.40. The van der Waals surface area contributed by atoms with E-state index in [4.69, 9.17) is 11.6 Å². The molecule has 7 nitrogen and oxygen atoms in total. The summed E-state index contributed by atoms with van der Waals surface area (Å²) in [6, 6.07) is 22.7. The zero-order valence-electron chi connectivity index (χ0n) is 17.4. The van der Waals surface area contributed by atoms with Crippen molar-refractivity contribution < 1.29 is 18.0 Å². The highest BCUT2D eigenvalue weighted by Gasteiger charge is 2.29. The van der Waals surface area contributed by atoms with Gasteiger partial charge in [0, 0.05) is 27.1 Å². The van der Waals surface area contributed by atoms with Gasteiger partial charge in [-0.1, -0.05) is 60.1 Å². The van der Waals surface area contributed by atoms with Gasteiger partial charge in [-0.25, -0.2) is 13.8 Å². The number of nitrogens with zero attached hydrogens (tertiary/aromatic N) is 1. The van der Waals surface area contributed by atoms with Crippen LogP contribution in [0.1, 0.15) is 26.3 Å². The van der Waals surface area contributed by atoms with Gasteiger partial charge in [0.1, 0.15) is 5.71 Å². The third kappa shape index (κ3) is 3.93. The van der Waals surface area contributed by atoms with Crippen LogP contribution in [-0.4, -0.2) is 25.8 Å². The Morgan fingerprint density at radius 2 is 1.56 bits per heavy atom. The Morgan fingerprint density at radius 1 is 0.853 bits per heavy atom. The Hall–Kier alpha value is -4.01. The van der Waals surface area contributed by atoms with Crippen molar-refractivity contribution in [1.82, 2.24) is 5.43 Å². The first kappa shape index (κ1) is 21.8. The van der Waals surface area contributed by atoms with Crippen LogP contribution in [-0.2, 0) is 10.0 Å². The number of anilines is 1. The minimum Gasteiger partial charge on any atom is -0.287 e. The Bertz CT molecular complexity index is 1630. The third-order valence-corrected chi connectivity index (χ3v) is 6.99.